The van der Waals surface area contributed by atoms with Gasteiger partial charge in [0.05, 0.1) is 24.8 Å². The molecule has 0 aromatic heterocycles. The number of ether oxygens (including phenoxy) is 1. The summed E-state index contributed by atoms with van der Waals surface area (Å²) in [5.41, 5.74) is 3.94. The van der Waals surface area contributed by atoms with Gasteiger partial charge in [-0.1, -0.05) is 42.6 Å². The molecule has 6 nitrogen and oxygen atoms in total. The smallest absolute Gasteiger partial charge is 0.416 e. The number of nitrogens with zero attached hydrogens (tertiary/aromatic N) is 1. The lowest BCUT2D eigenvalue weighted by Gasteiger charge is -2.25. The number of carboxylic acid groups (broad SMARTS) is 1. The molecule has 1 saturated carbocycles. The van der Waals surface area contributed by atoms with E-state index in [-0.39, 0.29) is 18.9 Å². The number of halogens is 3. The highest BCUT2D eigenvalue weighted by molar-refractivity contribution is 6.02. The van der Waals surface area contributed by atoms with Crippen LogP contribution in [0.1, 0.15) is 90.7 Å². The van der Waals surface area contributed by atoms with Crippen molar-refractivity contribution in [2.45, 2.75) is 83.0 Å². The molecule has 2 aromatic carbocycles. The van der Waals surface area contributed by atoms with Gasteiger partial charge in [-0.05, 0) is 66.8 Å². The third-order valence-corrected chi connectivity index (χ3v) is 7.38. The zero-order valence-corrected chi connectivity index (χ0v) is 21.7. The van der Waals surface area contributed by atoms with Crippen LogP contribution in [0.5, 0.6) is 5.75 Å². The number of oxime groups is 1. The number of nitrogens with one attached hydrogen (secondary N) is 1. The Kier molecular flexibility index (Phi) is 9.31. The zero-order chi connectivity index (χ0) is 27.1. The SMILES string of the molecule is COc1cc2c(cc1CNCCC(=O)O)CCCC2=NOCc1ccc(C2CCCCC2)c(C(F)(F)F)c1. The third kappa shape index (κ3) is 7.07. The molecule has 0 heterocycles. The Labute approximate surface area is 221 Å². The monoisotopic (exact) mass is 532 g/mol. The molecule has 4 rings (SSSR count). The Balaban J connectivity index is 1.47. The van der Waals surface area contributed by atoms with Gasteiger partial charge in [0.1, 0.15) is 12.4 Å². The summed E-state index contributed by atoms with van der Waals surface area (Å²) in [6.07, 6.45) is 2.69. The predicted molar refractivity (Wildman–Crippen MR) is 138 cm³/mol. The number of methoxy groups -OCH3 is 1. The number of aliphatic carboxylic acids is 1. The van der Waals surface area contributed by atoms with Crippen LogP contribution in [0.4, 0.5) is 13.2 Å². The average molecular weight is 533 g/mol. The quantitative estimate of drug-likeness (QED) is 0.267. The first kappa shape index (κ1) is 28.0. The van der Waals surface area contributed by atoms with Crippen molar-refractivity contribution in [3.63, 3.8) is 0 Å². The van der Waals surface area contributed by atoms with E-state index in [1.165, 1.54) is 6.07 Å². The van der Waals surface area contributed by atoms with Gasteiger partial charge in [-0.2, -0.15) is 13.2 Å². The van der Waals surface area contributed by atoms with Crippen LogP contribution in [0.2, 0.25) is 0 Å². The summed E-state index contributed by atoms with van der Waals surface area (Å²) in [5.74, 6) is -0.235. The molecule has 2 aliphatic rings. The van der Waals surface area contributed by atoms with Gasteiger partial charge in [-0.25, -0.2) is 0 Å². The van der Waals surface area contributed by atoms with Crippen LogP contribution >= 0.6 is 0 Å². The molecule has 0 radical (unpaired) electrons. The van der Waals surface area contributed by atoms with E-state index in [2.05, 4.69) is 10.5 Å². The van der Waals surface area contributed by atoms with Crippen LogP contribution in [-0.2, 0) is 35.4 Å². The van der Waals surface area contributed by atoms with Crippen LogP contribution in [-0.4, -0.2) is 30.4 Å². The fourth-order valence-corrected chi connectivity index (χ4v) is 5.47. The van der Waals surface area contributed by atoms with E-state index in [0.29, 0.717) is 36.4 Å². The van der Waals surface area contributed by atoms with Crippen LogP contribution < -0.4 is 10.1 Å². The molecule has 0 bridgehead atoms. The number of benzene rings is 2. The zero-order valence-electron chi connectivity index (χ0n) is 21.7. The summed E-state index contributed by atoms with van der Waals surface area (Å²) in [7, 11) is 1.58. The van der Waals surface area contributed by atoms with Crippen LogP contribution in [0.15, 0.2) is 35.5 Å². The lowest BCUT2D eigenvalue weighted by atomic mass is 9.81. The van der Waals surface area contributed by atoms with E-state index in [4.69, 9.17) is 14.7 Å². The summed E-state index contributed by atoms with van der Waals surface area (Å²) >= 11 is 0. The molecule has 2 aliphatic carbocycles. The maximum Gasteiger partial charge on any atom is 0.416 e. The summed E-state index contributed by atoms with van der Waals surface area (Å²) in [6.45, 7) is 0.786. The highest BCUT2D eigenvalue weighted by Crippen LogP contribution is 2.41. The van der Waals surface area contributed by atoms with Crippen molar-refractivity contribution in [2.75, 3.05) is 13.7 Å². The molecule has 0 spiro atoms. The molecule has 206 valence electrons. The molecule has 2 aromatic rings. The Hall–Kier alpha value is -3.07. The molecular formula is C29H35F3N2O4. The van der Waals surface area contributed by atoms with E-state index < -0.39 is 17.7 Å². The number of hydrogen-bond acceptors (Lipinski definition) is 5. The van der Waals surface area contributed by atoms with Crippen LogP contribution in [0, 0.1) is 0 Å². The minimum absolute atomic E-state index is 0.0369. The first-order valence-corrected chi connectivity index (χ1v) is 13.3. The number of aryl methyl sites for hydroxylation is 1. The van der Waals surface area contributed by atoms with Crippen LogP contribution in [0.25, 0.3) is 0 Å². The molecule has 38 heavy (non-hydrogen) atoms. The maximum atomic E-state index is 13.9. The molecule has 0 unspecified atom stereocenters. The molecule has 9 heteroatoms. The van der Waals surface area contributed by atoms with Gasteiger partial charge in [0.2, 0.25) is 0 Å². The Bertz CT molecular complexity index is 1160. The average Bonchev–Trinajstić information content (AvgIpc) is 2.90. The lowest BCUT2D eigenvalue weighted by Crippen LogP contribution is -2.19. The Morgan fingerprint density at radius 2 is 1.89 bits per heavy atom. The molecule has 0 amide bonds. The van der Waals surface area contributed by atoms with E-state index in [1.807, 2.05) is 12.1 Å². The van der Waals surface area contributed by atoms with Crippen molar-refractivity contribution in [2.24, 2.45) is 5.16 Å². The van der Waals surface area contributed by atoms with Crippen molar-refractivity contribution in [1.29, 1.82) is 0 Å². The summed E-state index contributed by atoms with van der Waals surface area (Å²) in [4.78, 5) is 16.3. The third-order valence-electron chi connectivity index (χ3n) is 7.38. The van der Waals surface area contributed by atoms with E-state index >= 15 is 0 Å². The Morgan fingerprint density at radius 1 is 1.11 bits per heavy atom. The highest BCUT2D eigenvalue weighted by Gasteiger charge is 2.35. The molecule has 0 aliphatic heterocycles. The van der Waals surface area contributed by atoms with Gasteiger partial charge in [-0.15, -0.1) is 0 Å². The van der Waals surface area contributed by atoms with Crippen molar-refractivity contribution < 1.29 is 32.6 Å². The number of alkyl halides is 3. The summed E-state index contributed by atoms with van der Waals surface area (Å²) < 4.78 is 47.2. The first-order chi connectivity index (χ1) is 18.3. The van der Waals surface area contributed by atoms with E-state index in [9.17, 15) is 18.0 Å². The minimum Gasteiger partial charge on any atom is -0.496 e. The number of carbonyl (C=O) groups is 1. The maximum absolute atomic E-state index is 13.9. The first-order valence-electron chi connectivity index (χ1n) is 13.3. The van der Waals surface area contributed by atoms with Gasteiger partial charge < -0.3 is 20.0 Å². The fraction of sp³-hybridized carbons (Fsp3) is 0.517. The number of fused-ring (bicyclic) bond motifs is 1. The lowest BCUT2D eigenvalue weighted by molar-refractivity contribution is -0.139. The van der Waals surface area contributed by atoms with Gasteiger partial charge in [0.15, 0.2) is 0 Å². The molecule has 0 saturated heterocycles. The largest absolute Gasteiger partial charge is 0.496 e. The second kappa shape index (κ2) is 12.7. The van der Waals surface area contributed by atoms with E-state index in [0.717, 1.165) is 67.3 Å². The van der Waals surface area contributed by atoms with Crippen molar-refractivity contribution >= 4 is 11.7 Å². The second-order valence-electron chi connectivity index (χ2n) is 10.1. The Morgan fingerprint density at radius 3 is 2.61 bits per heavy atom. The topological polar surface area (TPSA) is 80.2 Å². The van der Waals surface area contributed by atoms with E-state index in [1.54, 1.807) is 19.2 Å². The van der Waals surface area contributed by atoms with Gasteiger partial charge in [0.25, 0.3) is 0 Å². The van der Waals surface area contributed by atoms with Crippen molar-refractivity contribution in [3.05, 3.63) is 63.7 Å². The summed E-state index contributed by atoms with van der Waals surface area (Å²) in [5, 5.41) is 16.3. The fourth-order valence-electron chi connectivity index (χ4n) is 5.47. The predicted octanol–water partition coefficient (Wildman–Crippen LogP) is 6.58. The van der Waals surface area contributed by atoms with Crippen molar-refractivity contribution in [3.8, 4) is 5.75 Å². The standard InChI is InChI=1S/C29H35F3N2O4/c1-37-27-16-24-21(15-22(27)17-33-13-12-28(35)36)8-5-9-26(24)34-38-18-19-10-11-23(20-6-3-2-4-7-20)25(14-19)29(30,31)32/h10-11,14-16,20,33H,2-9,12-13,17-18H2,1H3,(H,35,36). The number of rotatable bonds is 10. The molecule has 1 fully saturated rings. The minimum atomic E-state index is -4.41. The number of hydrogen-bond donors (Lipinski definition) is 2. The normalized spacial score (nSPS) is 17.3. The molecular weight excluding hydrogens is 497 g/mol. The second-order valence-corrected chi connectivity index (χ2v) is 10.1. The van der Waals surface area contributed by atoms with Gasteiger partial charge >= 0.3 is 12.1 Å². The molecule has 2 N–H and O–H groups in total. The van der Waals surface area contributed by atoms with Gasteiger partial charge in [-0.3, -0.25) is 4.79 Å². The van der Waals surface area contributed by atoms with Crippen molar-refractivity contribution in [1.82, 2.24) is 5.32 Å². The molecule has 0 atom stereocenters. The number of carboxylic acids is 1. The highest BCUT2D eigenvalue weighted by atomic mass is 19.4. The summed E-state index contributed by atoms with van der Waals surface area (Å²) in [6, 6.07) is 8.51. The van der Waals surface area contributed by atoms with Crippen LogP contribution in [0.3, 0.4) is 0 Å². The van der Waals surface area contributed by atoms with Gasteiger partial charge in [0, 0.05) is 24.2 Å².